The lowest BCUT2D eigenvalue weighted by molar-refractivity contribution is -0.140. The van der Waals surface area contributed by atoms with E-state index >= 15 is 0 Å². The Morgan fingerprint density at radius 3 is 2.31 bits per heavy atom. The van der Waals surface area contributed by atoms with E-state index in [2.05, 4.69) is 24.3 Å². The molecule has 0 aliphatic heterocycles. The molecule has 3 heteroatoms. The topological polar surface area (TPSA) is 46.5 Å². The van der Waals surface area contributed by atoms with E-state index in [1.165, 1.54) is 12.7 Å². The van der Waals surface area contributed by atoms with E-state index in [1.54, 1.807) is 12.1 Å². The highest BCUT2D eigenvalue weighted by molar-refractivity contribution is 5.85. The van der Waals surface area contributed by atoms with Gasteiger partial charge in [-0.15, -0.1) is 0 Å². The molecule has 0 aromatic heterocycles. The van der Waals surface area contributed by atoms with E-state index in [0.29, 0.717) is 12.8 Å². The van der Waals surface area contributed by atoms with Crippen LogP contribution >= 0.6 is 0 Å². The van der Waals surface area contributed by atoms with Crippen molar-refractivity contribution in [1.29, 1.82) is 0 Å². The number of hydrogen-bond donors (Lipinski definition) is 1. The maximum Gasteiger partial charge on any atom is 0.305 e. The molecule has 3 nitrogen and oxygen atoms in total. The van der Waals surface area contributed by atoms with Gasteiger partial charge in [-0.25, -0.2) is 0 Å². The molecule has 0 unspecified atom stereocenters. The molecule has 0 heterocycles. The van der Waals surface area contributed by atoms with Gasteiger partial charge in [-0.1, -0.05) is 60.7 Å². The van der Waals surface area contributed by atoms with Gasteiger partial charge in [0.1, 0.15) is 5.75 Å². The Labute approximate surface area is 153 Å². The average Bonchev–Trinajstić information content (AvgIpc) is 3.21. The molecule has 2 aromatic rings. The number of phenolic OH excluding ortho intramolecular Hbond substituents is 1. The number of phenols is 1. The molecule has 0 atom stereocenters. The largest absolute Gasteiger partial charge is 0.508 e. The quantitative estimate of drug-likeness (QED) is 0.746. The molecular formula is C23H22O3. The summed E-state index contributed by atoms with van der Waals surface area (Å²) in [6, 6.07) is 17.4. The SMILES string of the molecule is COC(=O)CCC(C1=CC=CC1)=C(c1ccccc1)c1ccc(O)cc1. The fourth-order valence-electron chi connectivity index (χ4n) is 3.19. The molecule has 0 saturated heterocycles. The molecule has 0 spiro atoms. The van der Waals surface area contributed by atoms with E-state index in [4.69, 9.17) is 4.74 Å². The summed E-state index contributed by atoms with van der Waals surface area (Å²) in [5, 5.41) is 9.67. The maximum absolute atomic E-state index is 11.8. The second-order valence-corrected chi connectivity index (χ2v) is 6.17. The van der Waals surface area contributed by atoms with Crippen LogP contribution in [-0.2, 0) is 9.53 Å². The minimum atomic E-state index is -0.216. The molecule has 26 heavy (non-hydrogen) atoms. The Balaban J connectivity index is 2.14. The number of carbonyl (C=O) groups is 1. The number of rotatable bonds is 6. The summed E-state index contributed by atoms with van der Waals surface area (Å²) in [4.78, 5) is 11.8. The fourth-order valence-corrected chi connectivity index (χ4v) is 3.19. The molecule has 0 fully saturated rings. The Hall–Kier alpha value is -3.07. The van der Waals surface area contributed by atoms with E-state index in [-0.39, 0.29) is 11.7 Å². The third kappa shape index (κ3) is 4.12. The first kappa shape index (κ1) is 17.7. The predicted molar refractivity (Wildman–Crippen MR) is 104 cm³/mol. The van der Waals surface area contributed by atoms with E-state index < -0.39 is 0 Å². The molecule has 1 N–H and O–H groups in total. The van der Waals surface area contributed by atoms with Crippen LogP contribution in [0.25, 0.3) is 5.57 Å². The van der Waals surface area contributed by atoms with Gasteiger partial charge in [0, 0.05) is 6.42 Å². The third-order valence-corrected chi connectivity index (χ3v) is 4.49. The minimum absolute atomic E-state index is 0.216. The highest BCUT2D eigenvalue weighted by atomic mass is 16.5. The van der Waals surface area contributed by atoms with Crippen LogP contribution in [0.5, 0.6) is 5.75 Å². The van der Waals surface area contributed by atoms with E-state index in [9.17, 15) is 9.90 Å². The summed E-state index contributed by atoms with van der Waals surface area (Å²) in [5.74, 6) is 0.0196. The predicted octanol–water partition coefficient (Wildman–Crippen LogP) is 5.03. The van der Waals surface area contributed by atoms with Crippen LogP contribution in [0.1, 0.15) is 30.4 Å². The summed E-state index contributed by atoms with van der Waals surface area (Å²) in [5.41, 5.74) is 5.54. The average molecular weight is 346 g/mol. The standard InChI is InChI=1S/C23H22O3/c1-26-22(25)16-15-21(17-7-5-6-8-17)23(18-9-3-2-4-10-18)19-11-13-20(24)14-12-19/h2-7,9-14,24H,8,15-16H2,1H3. The second-order valence-electron chi connectivity index (χ2n) is 6.17. The number of methoxy groups -OCH3 is 1. The lowest BCUT2D eigenvalue weighted by Gasteiger charge is -2.18. The normalized spacial score (nSPS) is 14.0. The van der Waals surface area contributed by atoms with E-state index in [1.807, 2.05) is 36.4 Å². The Bertz CT molecular complexity index is 856. The van der Waals surface area contributed by atoms with Gasteiger partial charge in [0.2, 0.25) is 0 Å². The van der Waals surface area contributed by atoms with Gasteiger partial charge in [0.05, 0.1) is 7.11 Å². The van der Waals surface area contributed by atoms with Gasteiger partial charge in [0.25, 0.3) is 0 Å². The number of hydrogen-bond acceptors (Lipinski definition) is 3. The molecule has 1 aliphatic rings. The first-order chi connectivity index (χ1) is 12.7. The first-order valence-corrected chi connectivity index (χ1v) is 8.70. The summed E-state index contributed by atoms with van der Waals surface area (Å²) < 4.78 is 4.84. The molecule has 0 saturated carbocycles. The Morgan fingerprint density at radius 1 is 1.00 bits per heavy atom. The van der Waals surface area contributed by atoms with Crippen molar-refractivity contribution in [3.8, 4) is 5.75 Å². The second kappa shape index (κ2) is 8.34. The van der Waals surface area contributed by atoms with Crippen molar-refractivity contribution in [2.75, 3.05) is 7.11 Å². The zero-order chi connectivity index (χ0) is 18.4. The van der Waals surface area contributed by atoms with Crippen LogP contribution in [0.3, 0.4) is 0 Å². The molecule has 2 aromatic carbocycles. The van der Waals surface area contributed by atoms with Crippen molar-refractivity contribution in [2.24, 2.45) is 0 Å². The number of carbonyl (C=O) groups excluding carboxylic acids is 1. The van der Waals surface area contributed by atoms with Crippen LogP contribution in [0.4, 0.5) is 0 Å². The zero-order valence-electron chi connectivity index (χ0n) is 14.8. The molecule has 1 aliphatic carbocycles. The van der Waals surface area contributed by atoms with Crippen LogP contribution in [0.2, 0.25) is 0 Å². The lowest BCUT2D eigenvalue weighted by atomic mass is 9.86. The smallest absolute Gasteiger partial charge is 0.305 e. The van der Waals surface area contributed by atoms with Gasteiger partial charge >= 0.3 is 5.97 Å². The lowest BCUT2D eigenvalue weighted by Crippen LogP contribution is -2.04. The first-order valence-electron chi connectivity index (χ1n) is 8.70. The highest BCUT2D eigenvalue weighted by Gasteiger charge is 2.17. The number of aromatic hydroxyl groups is 1. The van der Waals surface area contributed by atoms with Crippen molar-refractivity contribution in [3.05, 3.63) is 95.1 Å². The van der Waals surface area contributed by atoms with Crippen molar-refractivity contribution in [3.63, 3.8) is 0 Å². The van der Waals surface area contributed by atoms with Crippen LogP contribution in [0, 0.1) is 0 Å². The summed E-state index contributed by atoms with van der Waals surface area (Å²) in [6.07, 6.45) is 8.06. The minimum Gasteiger partial charge on any atom is -0.508 e. The maximum atomic E-state index is 11.8. The molecule has 0 amide bonds. The van der Waals surface area contributed by atoms with Crippen molar-refractivity contribution < 1.29 is 14.6 Å². The zero-order valence-corrected chi connectivity index (χ0v) is 14.8. The van der Waals surface area contributed by atoms with Gasteiger partial charge in [-0.2, -0.15) is 0 Å². The van der Waals surface area contributed by atoms with Crippen molar-refractivity contribution in [1.82, 2.24) is 0 Å². The fraction of sp³-hybridized carbons (Fsp3) is 0.174. The van der Waals surface area contributed by atoms with Crippen LogP contribution in [-0.4, -0.2) is 18.2 Å². The Kier molecular flexibility index (Phi) is 5.69. The van der Waals surface area contributed by atoms with Crippen molar-refractivity contribution in [2.45, 2.75) is 19.3 Å². The summed E-state index contributed by atoms with van der Waals surface area (Å²) in [7, 11) is 1.42. The molecule has 0 radical (unpaired) electrons. The van der Waals surface area contributed by atoms with Gasteiger partial charge in [-0.05, 0) is 52.8 Å². The number of ether oxygens (including phenoxy) is 1. The number of benzene rings is 2. The third-order valence-electron chi connectivity index (χ3n) is 4.49. The van der Waals surface area contributed by atoms with E-state index in [0.717, 1.165) is 28.7 Å². The van der Waals surface area contributed by atoms with Gasteiger partial charge < -0.3 is 9.84 Å². The van der Waals surface area contributed by atoms with Crippen molar-refractivity contribution >= 4 is 11.5 Å². The summed E-state index contributed by atoms with van der Waals surface area (Å²) in [6.45, 7) is 0. The molecule has 3 rings (SSSR count). The molecular weight excluding hydrogens is 324 g/mol. The molecule has 132 valence electrons. The van der Waals surface area contributed by atoms with Crippen LogP contribution < -0.4 is 0 Å². The summed E-state index contributed by atoms with van der Waals surface area (Å²) >= 11 is 0. The number of allylic oxidation sites excluding steroid dienone is 5. The van der Waals surface area contributed by atoms with Crippen LogP contribution in [0.15, 0.2) is 84.0 Å². The van der Waals surface area contributed by atoms with Gasteiger partial charge in [0.15, 0.2) is 0 Å². The molecule has 0 bridgehead atoms. The highest BCUT2D eigenvalue weighted by Crippen LogP contribution is 2.36. The monoisotopic (exact) mass is 346 g/mol. The van der Waals surface area contributed by atoms with Gasteiger partial charge in [-0.3, -0.25) is 4.79 Å². The number of esters is 1. The Morgan fingerprint density at radius 2 is 1.69 bits per heavy atom.